The van der Waals surface area contributed by atoms with Gasteiger partial charge in [0.05, 0.1) is 16.7 Å². The molecule has 65 heavy (non-hydrogen) atoms. The highest BCUT2D eigenvalue weighted by molar-refractivity contribution is 6.13. The van der Waals surface area contributed by atoms with Crippen LogP contribution >= 0.6 is 0 Å². The molecule has 0 saturated carbocycles. The Bertz CT molecular complexity index is 3800. The van der Waals surface area contributed by atoms with E-state index in [1.165, 1.54) is 60.1 Å². The van der Waals surface area contributed by atoms with Crippen LogP contribution in [-0.4, -0.2) is 4.57 Å². The maximum atomic E-state index is 6.55. The minimum Gasteiger partial charge on any atom is -0.454 e. The topological polar surface area (TPSA) is 21.3 Å². The Kier molecular flexibility index (Phi) is 8.53. The van der Waals surface area contributed by atoms with Crippen molar-refractivity contribution < 1.29 is 4.42 Å². The van der Waals surface area contributed by atoms with Crippen molar-refractivity contribution in [2.45, 2.75) is 0 Å². The van der Waals surface area contributed by atoms with Gasteiger partial charge in [-0.25, -0.2) is 0 Å². The predicted molar refractivity (Wildman–Crippen MR) is 274 cm³/mol. The second-order valence-corrected chi connectivity index (χ2v) is 16.9. The molecule has 0 aliphatic heterocycles. The highest BCUT2D eigenvalue weighted by atomic mass is 16.3. The van der Waals surface area contributed by atoms with Crippen LogP contribution in [0.2, 0.25) is 0 Å². The van der Waals surface area contributed by atoms with Gasteiger partial charge in [-0.3, -0.25) is 0 Å². The third-order valence-electron chi connectivity index (χ3n) is 13.2. The molecule has 0 fully saturated rings. The van der Waals surface area contributed by atoms with Crippen LogP contribution in [0.3, 0.4) is 0 Å². The third-order valence-corrected chi connectivity index (χ3v) is 13.2. The van der Waals surface area contributed by atoms with Crippen LogP contribution in [0.15, 0.2) is 247 Å². The lowest BCUT2D eigenvalue weighted by Gasteiger charge is -2.26. The van der Waals surface area contributed by atoms with Crippen LogP contribution in [-0.2, 0) is 0 Å². The summed E-state index contributed by atoms with van der Waals surface area (Å²) in [6.45, 7) is 0. The zero-order valence-corrected chi connectivity index (χ0v) is 35.4. The van der Waals surface area contributed by atoms with E-state index in [4.69, 9.17) is 4.42 Å². The number of nitrogens with zero attached hydrogens (tertiary/aromatic N) is 2. The average molecular weight is 829 g/mol. The van der Waals surface area contributed by atoms with Crippen LogP contribution in [0.1, 0.15) is 0 Å². The standard InChI is InChI=1S/C62H40N2O/c1-3-16-50-42(12-1)14-9-20-52(50)44-28-35-48(36-29-44)63(49-37-30-45(31-38-49)53-21-10-15-43-13-2-4-17-51(43)53)47-33-26-41(27-34-47)46-32-39-59-57(40-46)54-18-5-7-23-58(54)64(59)60-24-11-22-56-55-19-6-8-25-61(55)65-62(56)60/h1-40H. The Morgan fingerprint density at radius 3 is 1.40 bits per heavy atom. The molecule has 304 valence electrons. The number of aromatic nitrogens is 1. The summed E-state index contributed by atoms with van der Waals surface area (Å²) in [6.07, 6.45) is 0. The number of fused-ring (bicyclic) bond motifs is 8. The second kappa shape index (κ2) is 15.0. The molecule has 0 atom stereocenters. The van der Waals surface area contributed by atoms with Gasteiger partial charge in [0.2, 0.25) is 0 Å². The van der Waals surface area contributed by atoms with Gasteiger partial charge >= 0.3 is 0 Å². The highest BCUT2D eigenvalue weighted by Crippen LogP contribution is 2.42. The summed E-state index contributed by atoms with van der Waals surface area (Å²) in [6, 6.07) is 87.7. The van der Waals surface area contributed by atoms with Gasteiger partial charge in [0.25, 0.3) is 0 Å². The summed E-state index contributed by atoms with van der Waals surface area (Å²) >= 11 is 0. The summed E-state index contributed by atoms with van der Waals surface area (Å²) < 4.78 is 8.91. The highest BCUT2D eigenvalue weighted by Gasteiger charge is 2.19. The van der Waals surface area contributed by atoms with Crippen LogP contribution in [0.4, 0.5) is 17.1 Å². The molecule has 0 aliphatic carbocycles. The van der Waals surface area contributed by atoms with E-state index < -0.39 is 0 Å². The number of furan rings is 1. The maximum absolute atomic E-state index is 6.55. The number of benzene rings is 11. The molecule has 0 bridgehead atoms. The third kappa shape index (κ3) is 6.12. The van der Waals surface area contributed by atoms with Gasteiger partial charge in [0.1, 0.15) is 5.58 Å². The smallest absolute Gasteiger partial charge is 0.159 e. The van der Waals surface area contributed by atoms with Crippen molar-refractivity contribution in [3.8, 4) is 39.1 Å². The molecule has 0 unspecified atom stereocenters. The number of hydrogen-bond acceptors (Lipinski definition) is 2. The van der Waals surface area contributed by atoms with Crippen molar-refractivity contribution in [2.24, 2.45) is 0 Å². The van der Waals surface area contributed by atoms with Gasteiger partial charge in [-0.1, -0.05) is 176 Å². The van der Waals surface area contributed by atoms with E-state index in [1.807, 2.05) is 12.1 Å². The SMILES string of the molecule is c1ccc2c(-c3ccc(N(c4ccc(-c5ccc6c(c5)c5ccccc5n6-c5cccc6c5oc5ccccc56)cc4)c4ccc(-c5cccc6ccccc56)cc4)cc3)cccc2c1. The molecule has 3 nitrogen and oxygen atoms in total. The lowest BCUT2D eigenvalue weighted by molar-refractivity contribution is 0.666. The van der Waals surface area contributed by atoms with Gasteiger partial charge in [0, 0.05) is 38.6 Å². The van der Waals surface area contributed by atoms with E-state index in [0.29, 0.717) is 0 Å². The molecule has 13 rings (SSSR count). The average Bonchev–Trinajstić information content (AvgIpc) is 3.93. The van der Waals surface area contributed by atoms with Crippen molar-refractivity contribution in [1.82, 2.24) is 4.57 Å². The quantitative estimate of drug-likeness (QED) is 0.160. The lowest BCUT2D eigenvalue weighted by Crippen LogP contribution is -2.09. The van der Waals surface area contributed by atoms with Crippen LogP contribution in [0.25, 0.3) is 104 Å². The first-order chi connectivity index (χ1) is 32.2. The second-order valence-electron chi connectivity index (χ2n) is 16.9. The molecular weight excluding hydrogens is 789 g/mol. The first-order valence-electron chi connectivity index (χ1n) is 22.2. The Morgan fingerprint density at radius 2 is 0.769 bits per heavy atom. The fraction of sp³-hybridized carbons (Fsp3) is 0. The molecule has 0 aliphatic rings. The molecule has 11 aromatic carbocycles. The molecule has 0 amide bonds. The van der Waals surface area contributed by atoms with Crippen LogP contribution in [0.5, 0.6) is 0 Å². The molecule has 0 radical (unpaired) electrons. The van der Waals surface area contributed by atoms with E-state index in [0.717, 1.165) is 61.3 Å². The maximum Gasteiger partial charge on any atom is 0.159 e. The Balaban J connectivity index is 0.898. The molecular formula is C62H40N2O. The predicted octanol–water partition coefficient (Wildman–Crippen LogP) is 17.5. The van der Waals surface area contributed by atoms with E-state index in [9.17, 15) is 0 Å². The number of anilines is 3. The molecule has 13 aromatic rings. The summed E-state index contributed by atoms with van der Waals surface area (Å²) in [4.78, 5) is 2.36. The van der Waals surface area contributed by atoms with Gasteiger partial charge in [-0.2, -0.15) is 0 Å². The number of para-hydroxylation sites is 3. The Labute approximate surface area is 376 Å². The summed E-state index contributed by atoms with van der Waals surface area (Å²) in [5.74, 6) is 0. The summed E-state index contributed by atoms with van der Waals surface area (Å²) in [7, 11) is 0. The van der Waals surface area contributed by atoms with E-state index in [1.54, 1.807) is 0 Å². The number of hydrogen-bond donors (Lipinski definition) is 0. The minimum absolute atomic E-state index is 0.895. The fourth-order valence-electron chi connectivity index (χ4n) is 10.1. The summed E-state index contributed by atoms with van der Waals surface area (Å²) in [5.41, 5.74) is 15.6. The zero-order valence-electron chi connectivity index (χ0n) is 35.4. The molecule has 2 aromatic heterocycles. The number of rotatable bonds is 7. The fourth-order valence-corrected chi connectivity index (χ4v) is 10.1. The molecule has 2 heterocycles. The van der Waals surface area contributed by atoms with E-state index >= 15 is 0 Å². The van der Waals surface area contributed by atoms with Gasteiger partial charge < -0.3 is 13.9 Å². The van der Waals surface area contributed by atoms with E-state index in [-0.39, 0.29) is 0 Å². The zero-order chi connectivity index (χ0) is 42.8. The van der Waals surface area contributed by atoms with Crippen molar-refractivity contribution in [3.63, 3.8) is 0 Å². The Morgan fingerprint density at radius 1 is 0.308 bits per heavy atom. The summed E-state index contributed by atoms with van der Waals surface area (Å²) in [5, 5.41) is 9.66. The minimum atomic E-state index is 0.895. The van der Waals surface area contributed by atoms with Crippen molar-refractivity contribution >= 4 is 82.4 Å². The molecule has 0 N–H and O–H groups in total. The lowest BCUT2D eigenvalue weighted by atomic mass is 9.97. The van der Waals surface area contributed by atoms with Crippen LogP contribution in [0, 0.1) is 0 Å². The van der Waals surface area contributed by atoms with Crippen molar-refractivity contribution in [2.75, 3.05) is 4.90 Å². The normalized spacial score (nSPS) is 11.7. The van der Waals surface area contributed by atoms with E-state index in [2.05, 4.69) is 240 Å². The largest absolute Gasteiger partial charge is 0.454 e. The van der Waals surface area contributed by atoms with Gasteiger partial charge in [-0.05, 0) is 122 Å². The first-order valence-corrected chi connectivity index (χ1v) is 22.2. The van der Waals surface area contributed by atoms with Crippen molar-refractivity contribution in [1.29, 1.82) is 0 Å². The van der Waals surface area contributed by atoms with Crippen molar-refractivity contribution in [3.05, 3.63) is 243 Å². The van der Waals surface area contributed by atoms with Gasteiger partial charge in [0.15, 0.2) is 5.58 Å². The first kappa shape index (κ1) is 36.9. The monoisotopic (exact) mass is 828 g/mol. The molecule has 0 spiro atoms. The molecule has 0 saturated heterocycles. The Hall–Kier alpha value is -8.66. The van der Waals surface area contributed by atoms with Crippen LogP contribution < -0.4 is 4.90 Å². The molecule has 3 heteroatoms. The van der Waals surface area contributed by atoms with Gasteiger partial charge in [-0.15, -0.1) is 0 Å².